The lowest BCUT2D eigenvalue weighted by molar-refractivity contribution is 0.155. The van der Waals surface area contributed by atoms with Crippen LogP contribution >= 0.6 is 12.4 Å². The summed E-state index contributed by atoms with van der Waals surface area (Å²) < 4.78 is 17.9. The predicted molar refractivity (Wildman–Crippen MR) is 79.7 cm³/mol. The number of halogens is 2. The molecule has 1 aromatic rings. The maximum Gasteiger partial charge on any atom is 0.124 e. The molecule has 0 bridgehead atoms. The van der Waals surface area contributed by atoms with E-state index in [1.165, 1.54) is 0 Å². The predicted octanol–water partition coefficient (Wildman–Crippen LogP) is 2.13. The minimum Gasteiger partial charge on any atom is -0.507 e. The topological polar surface area (TPSA) is 44.7 Å². The molecule has 6 heteroatoms. The molecule has 0 unspecified atom stereocenters. The van der Waals surface area contributed by atoms with Crippen molar-refractivity contribution in [3.8, 4) is 11.5 Å². The van der Waals surface area contributed by atoms with Crippen LogP contribution in [0.15, 0.2) is 18.2 Å². The van der Waals surface area contributed by atoms with E-state index in [-0.39, 0.29) is 30.9 Å². The van der Waals surface area contributed by atoms with Gasteiger partial charge in [-0.3, -0.25) is 9.29 Å². The zero-order valence-electron chi connectivity index (χ0n) is 11.6. The van der Waals surface area contributed by atoms with Crippen LogP contribution in [-0.2, 0) is 0 Å². The first-order chi connectivity index (χ1) is 9.26. The highest BCUT2D eigenvalue weighted by Gasteiger charge is 2.24. The Labute approximate surface area is 125 Å². The third-order valence-electron chi connectivity index (χ3n) is 3.57. The van der Waals surface area contributed by atoms with Gasteiger partial charge < -0.3 is 15.2 Å². The van der Waals surface area contributed by atoms with Crippen molar-refractivity contribution in [3.63, 3.8) is 0 Å². The number of rotatable bonds is 5. The summed E-state index contributed by atoms with van der Waals surface area (Å²) >= 11 is 0. The standard InChI is InChI=1S/C14H21FN2O2.ClH/c1-19-11-2-3-12(14(18)10-11)13(4-5-15)17-8-6-16-7-9-17;/h2-3,10,13,16,18H,4-9H2,1H3;1H/t13-;/m1./s1. The molecule has 1 saturated heterocycles. The fourth-order valence-electron chi connectivity index (χ4n) is 2.56. The third-order valence-corrected chi connectivity index (χ3v) is 3.57. The Bertz CT molecular complexity index is 414. The molecule has 20 heavy (non-hydrogen) atoms. The minimum absolute atomic E-state index is 0. The Morgan fingerprint density at radius 3 is 2.65 bits per heavy atom. The summed E-state index contributed by atoms with van der Waals surface area (Å²) in [5, 5.41) is 13.4. The van der Waals surface area contributed by atoms with Gasteiger partial charge in [-0.25, -0.2) is 0 Å². The summed E-state index contributed by atoms with van der Waals surface area (Å²) in [6.45, 7) is 3.16. The molecule has 1 aliphatic rings. The van der Waals surface area contributed by atoms with Gasteiger partial charge in [-0.1, -0.05) is 6.07 Å². The van der Waals surface area contributed by atoms with Gasteiger partial charge in [-0.05, 0) is 12.5 Å². The van der Waals surface area contributed by atoms with Crippen molar-refractivity contribution in [2.45, 2.75) is 12.5 Å². The van der Waals surface area contributed by atoms with Gasteiger partial charge in [-0.2, -0.15) is 0 Å². The number of alkyl halides is 1. The van der Waals surface area contributed by atoms with Crippen LogP contribution in [0, 0.1) is 0 Å². The van der Waals surface area contributed by atoms with Crippen LogP contribution in [0.5, 0.6) is 11.5 Å². The zero-order valence-corrected chi connectivity index (χ0v) is 12.5. The average Bonchev–Trinajstić information content (AvgIpc) is 2.46. The molecule has 114 valence electrons. The second kappa shape index (κ2) is 8.29. The second-order valence-electron chi connectivity index (χ2n) is 4.70. The number of phenolic OH excluding ortho intramolecular Hbond substituents is 1. The van der Waals surface area contributed by atoms with Gasteiger partial charge in [0.15, 0.2) is 0 Å². The highest BCUT2D eigenvalue weighted by atomic mass is 35.5. The summed E-state index contributed by atoms with van der Waals surface area (Å²) in [7, 11) is 1.56. The lowest BCUT2D eigenvalue weighted by Gasteiger charge is -2.35. The highest BCUT2D eigenvalue weighted by Crippen LogP contribution is 2.34. The second-order valence-corrected chi connectivity index (χ2v) is 4.70. The van der Waals surface area contributed by atoms with E-state index in [1.807, 2.05) is 12.1 Å². The van der Waals surface area contributed by atoms with E-state index in [0.29, 0.717) is 12.2 Å². The molecule has 0 radical (unpaired) electrons. The van der Waals surface area contributed by atoms with E-state index in [1.54, 1.807) is 13.2 Å². The lowest BCUT2D eigenvalue weighted by Crippen LogP contribution is -2.45. The molecule has 1 atom stereocenters. The number of ether oxygens (including phenoxy) is 1. The van der Waals surface area contributed by atoms with E-state index in [2.05, 4.69) is 10.2 Å². The minimum atomic E-state index is -0.389. The van der Waals surface area contributed by atoms with Crippen molar-refractivity contribution in [1.29, 1.82) is 0 Å². The number of hydrogen-bond donors (Lipinski definition) is 2. The van der Waals surface area contributed by atoms with Gasteiger partial charge in [-0.15, -0.1) is 12.4 Å². The van der Waals surface area contributed by atoms with E-state index < -0.39 is 0 Å². The Kier molecular flexibility index (Phi) is 7.05. The summed E-state index contributed by atoms with van der Waals surface area (Å²) in [5.41, 5.74) is 0.778. The van der Waals surface area contributed by atoms with Gasteiger partial charge in [0, 0.05) is 43.9 Å². The number of piperazine rings is 1. The zero-order chi connectivity index (χ0) is 13.7. The van der Waals surface area contributed by atoms with Gasteiger partial charge in [0.25, 0.3) is 0 Å². The molecule has 2 N–H and O–H groups in total. The Hall–Kier alpha value is -1.04. The number of aromatic hydroxyl groups is 1. The van der Waals surface area contributed by atoms with E-state index in [4.69, 9.17) is 4.74 Å². The van der Waals surface area contributed by atoms with E-state index in [0.717, 1.165) is 31.7 Å². The monoisotopic (exact) mass is 304 g/mol. The van der Waals surface area contributed by atoms with E-state index >= 15 is 0 Å². The van der Waals surface area contributed by atoms with Crippen molar-refractivity contribution in [2.75, 3.05) is 40.0 Å². The summed E-state index contributed by atoms with van der Waals surface area (Å²) in [5.74, 6) is 0.789. The fourth-order valence-corrected chi connectivity index (χ4v) is 2.56. The summed E-state index contributed by atoms with van der Waals surface area (Å²) in [6.07, 6.45) is 0.403. The molecule has 1 aliphatic heterocycles. The first kappa shape index (κ1) is 17.0. The van der Waals surface area contributed by atoms with Crippen LogP contribution in [-0.4, -0.2) is 50.0 Å². The molecule has 1 aromatic carbocycles. The molecule has 0 amide bonds. The van der Waals surface area contributed by atoms with Crippen LogP contribution in [0.2, 0.25) is 0 Å². The fraction of sp³-hybridized carbons (Fsp3) is 0.571. The molecule has 2 rings (SSSR count). The first-order valence-electron chi connectivity index (χ1n) is 6.64. The molecular formula is C14H22ClFN2O2. The number of phenols is 1. The largest absolute Gasteiger partial charge is 0.507 e. The van der Waals surface area contributed by atoms with Crippen LogP contribution in [0.4, 0.5) is 4.39 Å². The Morgan fingerprint density at radius 1 is 1.40 bits per heavy atom. The molecule has 1 heterocycles. The maximum absolute atomic E-state index is 12.8. The average molecular weight is 305 g/mol. The third kappa shape index (κ3) is 3.98. The lowest BCUT2D eigenvalue weighted by atomic mass is 10.0. The first-order valence-corrected chi connectivity index (χ1v) is 6.64. The van der Waals surface area contributed by atoms with Gasteiger partial charge >= 0.3 is 0 Å². The Morgan fingerprint density at radius 2 is 2.10 bits per heavy atom. The summed E-state index contributed by atoms with van der Waals surface area (Å²) in [4.78, 5) is 2.22. The number of methoxy groups -OCH3 is 1. The SMILES string of the molecule is COc1ccc([C@@H](CCF)N2CCNCC2)c(O)c1.Cl. The smallest absolute Gasteiger partial charge is 0.124 e. The molecule has 0 saturated carbocycles. The van der Waals surface area contributed by atoms with E-state index in [9.17, 15) is 9.50 Å². The number of benzene rings is 1. The van der Waals surface area contributed by atoms with Crippen molar-refractivity contribution in [1.82, 2.24) is 10.2 Å². The molecule has 0 spiro atoms. The van der Waals surface area contributed by atoms with Gasteiger partial charge in [0.2, 0.25) is 0 Å². The Balaban J connectivity index is 0.00000200. The van der Waals surface area contributed by atoms with Crippen LogP contribution in [0.25, 0.3) is 0 Å². The van der Waals surface area contributed by atoms with Crippen LogP contribution < -0.4 is 10.1 Å². The number of nitrogens with zero attached hydrogens (tertiary/aromatic N) is 1. The number of hydrogen-bond acceptors (Lipinski definition) is 4. The molecule has 4 nitrogen and oxygen atoms in total. The molecule has 0 aromatic heterocycles. The quantitative estimate of drug-likeness (QED) is 0.875. The molecule has 1 fully saturated rings. The van der Waals surface area contributed by atoms with Crippen LogP contribution in [0.1, 0.15) is 18.0 Å². The van der Waals surface area contributed by atoms with Crippen molar-refractivity contribution in [2.24, 2.45) is 0 Å². The van der Waals surface area contributed by atoms with Crippen LogP contribution in [0.3, 0.4) is 0 Å². The maximum atomic E-state index is 12.8. The normalized spacial score (nSPS) is 17.3. The highest BCUT2D eigenvalue weighted by molar-refractivity contribution is 5.85. The van der Waals surface area contributed by atoms with Crippen molar-refractivity contribution in [3.05, 3.63) is 23.8 Å². The summed E-state index contributed by atoms with van der Waals surface area (Å²) in [6, 6.07) is 5.15. The van der Waals surface area contributed by atoms with Gasteiger partial charge in [0.05, 0.1) is 13.8 Å². The van der Waals surface area contributed by atoms with Crippen molar-refractivity contribution >= 4 is 12.4 Å². The number of nitrogens with one attached hydrogen (secondary N) is 1. The molecule has 0 aliphatic carbocycles. The van der Waals surface area contributed by atoms with Crippen molar-refractivity contribution < 1.29 is 14.2 Å². The van der Waals surface area contributed by atoms with Gasteiger partial charge in [0.1, 0.15) is 11.5 Å². The molecular weight excluding hydrogens is 283 g/mol.